The molecule has 0 unspecified atom stereocenters. The maximum Gasteiger partial charge on any atom is 0.272 e. The summed E-state index contributed by atoms with van der Waals surface area (Å²) in [6.45, 7) is 0. The number of hydrogen-bond donors (Lipinski definition) is 2. The zero-order chi connectivity index (χ0) is 10.7. The molecule has 5 heteroatoms. The maximum atomic E-state index is 11.8. The van der Waals surface area contributed by atoms with Gasteiger partial charge in [-0.2, -0.15) is 0 Å². The topological polar surface area (TPSA) is 42.0 Å². The third-order valence-corrected chi connectivity index (χ3v) is 3.86. The first-order valence-corrected chi connectivity index (χ1v) is 6.53. The Morgan fingerprint density at radius 3 is 2.80 bits per heavy atom. The van der Waals surface area contributed by atoms with Gasteiger partial charge in [-0.15, -0.1) is 24.0 Å². The summed E-state index contributed by atoms with van der Waals surface area (Å²) < 4.78 is 0.698. The Morgan fingerprint density at radius 2 is 2.20 bits per heavy atom. The van der Waals surface area contributed by atoms with Crippen LogP contribution in [-0.4, -0.2) is 16.9 Å². The number of nitrogens with zero attached hydrogens (tertiary/aromatic N) is 1. The van der Waals surface area contributed by atoms with E-state index in [4.69, 9.17) is 0 Å². The van der Waals surface area contributed by atoms with Gasteiger partial charge in [-0.25, -0.2) is 4.98 Å². The molecule has 82 valence electrons. The minimum atomic E-state index is -0.0758. The van der Waals surface area contributed by atoms with Gasteiger partial charge in [0.05, 0.1) is 9.72 Å². The Kier molecular flexibility index (Phi) is 3.64. The standard InChI is InChI=1S/C10H14N2OS2/c13-9(8-10(14)15-6-11-8)12-7-4-2-1-3-5-7/h6-7,14H,1-5H2,(H,12,13). The van der Waals surface area contributed by atoms with Crippen molar-refractivity contribution in [2.45, 2.75) is 42.4 Å². The van der Waals surface area contributed by atoms with Gasteiger partial charge in [-0.1, -0.05) is 19.3 Å². The number of carbonyl (C=O) groups excluding carboxylic acids is 1. The fraction of sp³-hybridized carbons (Fsp3) is 0.600. The number of aromatic nitrogens is 1. The van der Waals surface area contributed by atoms with Crippen LogP contribution in [0.25, 0.3) is 0 Å². The van der Waals surface area contributed by atoms with Crippen LogP contribution in [0.1, 0.15) is 42.6 Å². The van der Waals surface area contributed by atoms with Gasteiger partial charge in [0.15, 0.2) is 5.69 Å². The molecule has 0 radical (unpaired) electrons. The van der Waals surface area contributed by atoms with E-state index in [1.807, 2.05) is 0 Å². The van der Waals surface area contributed by atoms with Gasteiger partial charge < -0.3 is 5.32 Å². The molecule has 0 aromatic carbocycles. The Morgan fingerprint density at radius 1 is 1.47 bits per heavy atom. The zero-order valence-corrected chi connectivity index (χ0v) is 10.1. The number of amides is 1. The minimum Gasteiger partial charge on any atom is -0.348 e. The van der Waals surface area contributed by atoms with Gasteiger partial charge in [0.25, 0.3) is 5.91 Å². The minimum absolute atomic E-state index is 0.0758. The molecule has 0 bridgehead atoms. The van der Waals surface area contributed by atoms with Crippen LogP contribution >= 0.6 is 24.0 Å². The molecule has 1 amide bonds. The van der Waals surface area contributed by atoms with Gasteiger partial charge >= 0.3 is 0 Å². The van der Waals surface area contributed by atoms with Gasteiger partial charge in [0, 0.05) is 6.04 Å². The largest absolute Gasteiger partial charge is 0.348 e. The van der Waals surface area contributed by atoms with Crippen LogP contribution in [0.5, 0.6) is 0 Å². The van der Waals surface area contributed by atoms with E-state index in [1.54, 1.807) is 5.51 Å². The summed E-state index contributed by atoms with van der Waals surface area (Å²) in [5.41, 5.74) is 2.12. The molecule has 1 saturated carbocycles. The number of rotatable bonds is 2. The van der Waals surface area contributed by atoms with Gasteiger partial charge in [-0.3, -0.25) is 4.79 Å². The average Bonchev–Trinajstić information content (AvgIpc) is 2.66. The van der Waals surface area contributed by atoms with Crippen LogP contribution in [0.2, 0.25) is 0 Å². The molecular formula is C10H14N2OS2. The summed E-state index contributed by atoms with van der Waals surface area (Å²) in [6.07, 6.45) is 5.92. The first-order valence-electron chi connectivity index (χ1n) is 5.20. The van der Waals surface area contributed by atoms with Crippen LogP contribution in [0.4, 0.5) is 0 Å². The summed E-state index contributed by atoms with van der Waals surface area (Å²) in [6, 6.07) is 0.334. The number of thiol groups is 1. The van der Waals surface area contributed by atoms with Crippen LogP contribution in [0.15, 0.2) is 9.72 Å². The number of nitrogens with one attached hydrogen (secondary N) is 1. The van der Waals surface area contributed by atoms with Gasteiger partial charge in [0.1, 0.15) is 0 Å². The molecule has 0 saturated heterocycles. The van der Waals surface area contributed by atoms with Crippen molar-refractivity contribution in [1.82, 2.24) is 10.3 Å². The maximum absolute atomic E-state index is 11.8. The fourth-order valence-electron chi connectivity index (χ4n) is 1.90. The SMILES string of the molecule is O=C(NC1CCCCC1)c1ncsc1S. The third kappa shape index (κ3) is 2.72. The molecule has 1 fully saturated rings. The first-order chi connectivity index (χ1) is 7.27. The molecular weight excluding hydrogens is 228 g/mol. The van der Waals surface area contributed by atoms with Crippen molar-refractivity contribution >= 4 is 29.9 Å². The van der Waals surface area contributed by atoms with E-state index >= 15 is 0 Å². The van der Waals surface area contributed by atoms with E-state index in [-0.39, 0.29) is 5.91 Å². The quantitative estimate of drug-likeness (QED) is 0.782. The summed E-state index contributed by atoms with van der Waals surface area (Å²) in [5, 5.41) is 3.02. The molecule has 15 heavy (non-hydrogen) atoms. The van der Waals surface area contributed by atoms with E-state index in [9.17, 15) is 4.79 Å². The van der Waals surface area contributed by atoms with Crippen LogP contribution in [-0.2, 0) is 0 Å². The molecule has 3 nitrogen and oxygen atoms in total. The van der Waals surface area contributed by atoms with E-state index in [0.717, 1.165) is 12.8 Å². The molecule has 1 aliphatic rings. The molecule has 2 rings (SSSR count). The lowest BCUT2D eigenvalue weighted by molar-refractivity contribution is 0.0920. The smallest absolute Gasteiger partial charge is 0.272 e. The summed E-state index contributed by atoms with van der Waals surface area (Å²) in [5.74, 6) is -0.0758. The van der Waals surface area contributed by atoms with Crippen molar-refractivity contribution in [2.24, 2.45) is 0 Å². The van der Waals surface area contributed by atoms with Gasteiger partial charge in [0.2, 0.25) is 0 Å². The second-order valence-corrected chi connectivity index (χ2v) is 5.42. The normalized spacial score (nSPS) is 17.7. The second-order valence-electron chi connectivity index (χ2n) is 3.81. The first kappa shape index (κ1) is 11.0. The van der Waals surface area contributed by atoms with Crippen molar-refractivity contribution in [2.75, 3.05) is 0 Å². The Bertz CT molecular complexity index is 345. The number of hydrogen-bond acceptors (Lipinski definition) is 4. The zero-order valence-electron chi connectivity index (χ0n) is 8.40. The highest BCUT2D eigenvalue weighted by molar-refractivity contribution is 7.82. The molecule has 0 spiro atoms. The van der Waals surface area contributed by atoms with Gasteiger partial charge in [-0.05, 0) is 12.8 Å². The number of thiazole rings is 1. The summed E-state index contributed by atoms with van der Waals surface area (Å²) in [7, 11) is 0. The third-order valence-electron chi connectivity index (χ3n) is 2.70. The summed E-state index contributed by atoms with van der Waals surface area (Å²) in [4.78, 5) is 15.8. The van der Waals surface area contributed by atoms with E-state index < -0.39 is 0 Å². The lowest BCUT2D eigenvalue weighted by Crippen LogP contribution is -2.36. The Labute approximate surface area is 98.7 Å². The van der Waals surface area contributed by atoms with Crippen molar-refractivity contribution in [1.29, 1.82) is 0 Å². The van der Waals surface area contributed by atoms with Crippen LogP contribution < -0.4 is 5.32 Å². The average molecular weight is 242 g/mol. The van der Waals surface area contributed by atoms with E-state index in [1.165, 1.54) is 30.6 Å². The highest BCUT2D eigenvalue weighted by Crippen LogP contribution is 2.20. The lowest BCUT2D eigenvalue weighted by Gasteiger charge is -2.22. The van der Waals surface area contributed by atoms with Crippen molar-refractivity contribution < 1.29 is 4.79 Å². The van der Waals surface area contributed by atoms with Crippen molar-refractivity contribution in [3.63, 3.8) is 0 Å². The predicted molar refractivity (Wildman–Crippen MR) is 63.7 cm³/mol. The van der Waals surface area contributed by atoms with E-state index in [0.29, 0.717) is 15.9 Å². The van der Waals surface area contributed by atoms with Crippen molar-refractivity contribution in [3.8, 4) is 0 Å². The van der Waals surface area contributed by atoms with Crippen molar-refractivity contribution in [3.05, 3.63) is 11.2 Å². The Hall–Kier alpha value is -0.550. The second kappa shape index (κ2) is 4.99. The van der Waals surface area contributed by atoms with Crippen LogP contribution in [0, 0.1) is 0 Å². The highest BCUT2D eigenvalue weighted by atomic mass is 32.2. The lowest BCUT2D eigenvalue weighted by atomic mass is 9.95. The molecule has 1 aliphatic carbocycles. The van der Waals surface area contributed by atoms with Crippen LogP contribution in [0.3, 0.4) is 0 Å². The number of carbonyl (C=O) groups is 1. The molecule has 0 aliphatic heterocycles. The monoisotopic (exact) mass is 242 g/mol. The molecule has 1 aromatic rings. The predicted octanol–water partition coefficient (Wildman–Crippen LogP) is 2.49. The molecule has 1 N–H and O–H groups in total. The molecule has 0 atom stereocenters. The molecule has 1 heterocycles. The summed E-state index contributed by atoms with van der Waals surface area (Å²) >= 11 is 5.59. The fourth-order valence-corrected chi connectivity index (χ4v) is 2.71. The Balaban J connectivity index is 1.94. The highest BCUT2D eigenvalue weighted by Gasteiger charge is 2.19. The van der Waals surface area contributed by atoms with E-state index in [2.05, 4.69) is 22.9 Å². The molecule has 1 aromatic heterocycles.